The van der Waals surface area contributed by atoms with Crippen molar-refractivity contribution < 1.29 is 10.0 Å². The van der Waals surface area contributed by atoms with Crippen LogP contribution in [0, 0.1) is 0 Å². The van der Waals surface area contributed by atoms with Crippen molar-refractivity contribution in [3.63, 3.8) is 0 Å². The van der Waals surface area contributed by atoms with Gasteiger partial charge in [0.2, 0.25) is 0 Å². The van der Waals surface area contributed by atoms with Crippen molar-refractivity contribution in [2.45, 2.75) is 13.3 Å². The van der Waals surface area contributed by atoms with Crippen molar-refractivity contribution >= 4 is 0 Å². The summed E-state index contributed by atoms with van der Waals surface area (Å²) in [6.45, 7) is 4.51. The molecule has 0 radical (unpaired) electrons. The van der Waals surface area contributed by atoms with Crippen LogP contribution in [0.5, 0.6) is 0 Å². The minimum absolute atomic E-state index is 0.311. The van der Waals surface area contributed by atoms with Gasteiger partial charge in [-0.15, -0.1) is 0 Å². The molecule has 0 aliphatic carbocycles. The Morgan fingerprint density at radius 2 is 2.00 bits per heavy atom. The Kier molecular flexibility index (Phi) is 5.01. The van der Waals surface area contributed by atoms with Gasteiger partial charge in [0.15, 0.2) is 0 Å². The maximum absolute atomic E-state index is 8.44. The highest BCUT2D eigenvalue weighted by molar-refractivity contribution is 4.21. The molecule has 0 aromatic rings. The van der Waals surface area contributed by atoms with E-state index in [-0.39, 0.29) is 0 Å². The monoisotopic (exact) mass is 118 g/mol. The van der Waals surface area contributed by atoms with Gasteiger partial charge in [0, 0.05) is 0 Å². The zero-order valence-electron chi connectivity index (χ0n) is 5.78. The first-order valence-electron chi connectivity index (χ1n) is 3.23. The molecule has 0 fully saturated rings. The lowest BCUT2D eigenvalue weighted by Crippen LogP contribution is -3.09. The second kappa shape index (κ2) is 5.06. The van der Waals surface area contributed by atoms with E-state index in [1.54, 1.807) is 0 Å². The second-order valence-electron chi connectivity index (χ2n) is 2.18. The molecule has 1 atom stereocenters. The minimum atomic E-state index is 0.311. The van der Waals surface area contributed by atoms with Crippen LogP contribution in [0.4, 0.5) is 0 Å². The van der Waals surface area contributed by atoms with Gasteiger partial charge >= 0.3 is 0 Å². The Labute approximate surface area is 51.1 Å². The first-order chi connectivity index (χ1) is 3.81. The molecule has 2 N–H and O–H groups in total. The fourth-order valence-corrected chi connectivity index (χ4v) is 0.743. The fourth-order valence-electron chi connectivity index (χ4n) is 0.743. The molecule has 0 saturated heterocycles. The lowest BCUT2D eigenvalue weighted by atomic mass is 10.4. The number of nitrogens with one attached hydrogen (secondary N) is 1. The predicted molar refractivity (Wildman–Crippen MR) is 34.0 cm³/mol. The van der Waals surface area contributed by atoms with Crippen LogP contribution in [0.1, 0.15) is 13.3 Å². The average molecular weight is 118 g/mol. The number of aliphatic hydroxyl groups excluding tert-OH is 1. The normalized spacial score (nSPS) is 13.9. The average Bonchev–Trinajstić information content (AvgIpc) is 1.68. The Morgan fingerprint density at radius 1 is 1.38 bits per heavy atom. The number of likely N-dealkylation sites (N-methyl/N-ethyl adjacent to an activating group) is 1. The molecule has 1 unspecified atom stereocenters. The van der Waals surface area contributed by atoms with Crippen LogP contribution in [-0.2, 0) is 0 Å². The third-order valence-corrected chi connectivity index (χ3v) is 1.22. The van der Waals surface area contributed by atoms with Gasteiger partial charge in [-0.3, -0.25) is 0 Å². The molecule has 0 heterocycles. The summed E-state index contributed by atoms with van der Waals surface area (Å²) in [7, 11) is 2.10. The molecule has 0 aliphatic heterocycles. The third-order valence-electron chi connectivity index (χ3n) is 1.22. The second-order valence-corrected chi connectivity index (χ2v) is 2.18. The van der Waals surface area contributed by atoms with Crippen LogP contribution in [0.25, 0.3) is 0 Å². The van der Waals surface area contributed by atoms with E-state index in [1.807, 2.05) is 0 Å². The summed E-state index contributed by atoms with van der Waals surface area (Å²) in [5.74, 6) is 0. The summed E-state index contributed by atoms with van der Waals surface area (Å²) in [4.78, 5) is 1.41. The quantitative estimate of drug-likeness (QED) is 0.481. The lowest BCUT2D eigenvalue weighted by Gasteiger charge is -2.09. The third kappa shape index (κ3) is 4.09. The van der Waals surface area contributed by atoms with E-state index >= 15 is 0 Å². The van der Waals surface area contributed by atoms with E-state index in [9.17, 15) is 0 Å². The molecule has 2 nitrogen and oxygen atoms in total. The minimum Gasteiger partial charge on any atom is -0.391 e. The predicted octanol–water partition coefficient (Wildman–Crippen LogP) is -1.10. The van der Waals surface area contributed by atoms with Gasteiger partial charge in [-0.1, -0.05) is 6.92 Å². The first kappa shape index (κ1) is 7.92. The Hall–Kier alpha value is -0.0800. The van der Waals surface area contributed by atoms with Crippen LogP contribution < -0.4 is 4.90 Å². The van der Waals surface area contributed by atoms with E-state index in [2.05, 4.69) is 14.0 Å². The van der Waals surface area contributed by atoms with Crippen molar-refractivity contribution in [3.8, 4) is 0 Å². The van der Waals surface area contributed by atoms with Crippen LogP contribution >= 0.6 is 0 Å². The Morgan fingerprint density at radius 3 is 2.38 bits per heavy atom. The molecule has 0 amide bonds. The van der Waals surface area contributed by atoms with Gasteiger partial charge in [0.25, 0.3) is 0 Å². The first-order valence-corrected chi connectivity index (χ1v) is 3.23. The number of hydrogen-bond acceptors (Lipinski definition) is 1. The summed E-state index contributed by atoms with van der Waals surface area (Å²) >= 11 is 0. The van der Waals surface area contributed by atoms with Crippen LogP contribution in [0.15, 0.2) is 0 Å². The van der Waals surface area contributed by atoms with Crippen molar-refractivity contribution in [3.05, 3.63) is 0 Å². The molecular weight excluding hydrogens is 102 g/mol. The van der Waals surface area contributed by atoms with Crippen molar-refractivity contribution in [2.24, 2.45) is 0 Å². The molecule has 0 bridgehead atoms. The number of aliphatic hydroxyl groups is 1. The number of hydrogen-bond donors (Lipinski definition) is 2. The molecular formula is C6H16NO+. The number of quaternary nitrogens is 1. The molecule has 0 saturated carbocycles. The highest BCUT2D eigenvalue weighted by atomic mass is 16.3. The van der Waals surface area contributed by atoms with Gasteiger partial charge in [-0.25, -0.2) is 0 Å². The zero-order valence-corrected chi connectivity index (χ0v) is 5.78. The standard InChI is InChI=1S/C6H15NO/c1-3-4-7(2)5-6-8/h8H,3-6H2,1-2H3/p+1. The van der Waals surface area contributed by atoms with E-state index in [0.29, 0.717) is 6.61 Å². The van der Waals surface area contributed by atoms with Crippen molar-refractivity contribution in [2.75, 3.05) is 26.7 Å². The molecule has 0 spiro atoms. The molecule has 0 rings (SSSR count). The maximum atomic E-state index is 8.44. The van der Waals surface area contributed by atoms with Gasteiger partial charge in [-0.2, -0.15) is 0 Å². The maximum Gasteiger partial charge on any atom is 0.100 e. The largest absolute Gasteiger partial charge is 0.391 e. The van der Waals surface area contributed by atoms with Gasteiger partial charge in [0.1, 0.15) is 6.54 Å². The van der Waals surface area contributed by atoms with E-state index in [1.165, 1.54) is 17.9 Å². The molecule has 0 aliphatic rings. The summed E-state index contributed by atoms with van der Waals surface area (Å²) in [6, 6.07) is 0. The summed E-state index contributed by atoms with van der Waals surface area (Å²) in [6.07, 6.45) is 1.20. The fraction of sp³-hybridized carbons (Fsp3) is 1.00. The van der Waals surface area contributed by atoms with E-state index in [4.69, 9.17) is 5.11 Å². The summed E-state index contributed by atoms with van der Waals surface area (Å²) in [5.41, 5.74) is 0. The summed E-state index contributed by atoms with van der Waals surface area (Å²) < 4.78 is 0. The molecule has 50 valence electrons. The summed E-state index contributed by atoms with van der Waals surface area (Å²) in [5, 5.41) is 8.44. The Bertz CT molecular complexity index is 41.8. The van der Waals surface area contributed by atoms with Crippen molar-refractivity contribution in [1.29, 1.82) is 0 Å². The van der Waals surface area contributed by atoms with Gasteiger partial charge in [0.05, 0.1) is 20.2 Å². The Balaban J connectivity index is 2.92. The highest BCUT2D eigenvalue weighted by Crippen LogP contribution is 1.60. The van der Waals surface area contributed by atoms with Crippen molar-refractivity contribution in [1.82, 2.24) is 0 Å². The molecule has 8 heavy (non-hydrogen) atoms. The molecule has 0 aromatic heterocycles. The van der Waals surface area contributed by atoms with Gasteiger partial charge < -0.3 is 10.0 Å². The molecule has 2 heteroatoms. The topological polar surface area (TPSA) is 24.7 Å². The SMILES string of the molecule is CCC[NH+](C)CCO. The van der Waals surface area contributed by atoms with Crippen LogP contribution in [0.3, 0.4) is 0 Å². The zero-order chi connectivity index (χ0) is 6.41. The van der Waals surface area contributed by atoms with E-state index < -0.39 is 0 Å². The molecule has 0 aromatic carbocycles. The highest BCUT2D eigenvalue weighted by Gasteiger charge is 1.94. The van der Waals surface area contributed by atoms with Gasteiger partial charge in [-0.05, 0) is 6.42 Å². The number of rotatable bonds is 4. The lowest BCUT2D eigenvalue weighted by molar-refractivity contribution is -0.880. The van der Waals surface area contributed by atoms with Crippen LogP contribution in [-0.4, -0.2) is 31.9 Å². The smallest absolute Gasteiger partial charge is 0.100 e. The van der Waals surface area contributed by atoms with E-state index in [0.717, 1.165) is 6.54 Å². The van der Waals surface area contributed by atoms with Crippen LogP contribution in [0.2, 0.25) is 0 Å².